The molecule has 0 amide bonds. The van der Waals surface area contributed by atoms with Crippen LogP contribution in [0.1, 0.15) is 5.01 Å². The monoisotopic (exact) mass is 238 g/mol. The van der Waals surface area contributed by atoms with Crippen molar-refractivity contribution in [2.75, 3.05) is 12.4 Å². The third-order valence-corrected chi connectivity index (χ3v) is 2.87. The van der Waals surface area contributed by atoms with Crippen LogP contribution in [0.3, 0.4) is 0 Å². The average molecular weight is 238 g/mol. The SMILES string of the molecule is COc1ccc(F)c(NCc2nccs2)c1. The smallest absolute Gasteiger partial charge is 0.146 e. The standard InChI is InChI=1S/C11H11FN2OS/c1-15-8-2-3-9(12)10(6-8)14-7-11-13-4-5-16-11/h2-6,14H,7H2,1H3. The number of methoxy groups -OCH3 is 1. The van der Waals surface area contributed by atoms with Crippen LogP contribution in [-0.4, -0.2) is 12.1 Å². The van der Waals surface area contributed by atoms with Crippen molar-refractivity contribution >= 4 is 17.0 Å². The highest BCUT2D eigenvalue weighted by atomic mass is 32.1. The first kappa shape index (κ1) is 10.9. The Labute approximate surface area is 96.9 Å². The van der Waals surface area contributed by atoms with Gasteiger partial charge in [-0.2, -0.15) is 0 Å². The number of ether oxygens (including phenoxy) is 1. The number of nitrogens with one attached hydrogen (secondary N) is 1. The van der Waals surface area contributed by atoms with Gasteiger partial charge in [-0.1, -0.05) is 0 Å². The molecule has 5 heteroatoms. The first-order valence-corrected chi connectivity index (χ1v) is 5.63. The zero-order valence-corrected chi connectivity index (χ0v) is 9.55. The summed E-state index contributed by atoms with van der Waals surface area (Å²) in [7, 11) is 1.55. The van der Waals surface area contributed by atoms with Crippen LogP contribution >= 0.6 is 11.3 Å². The van der Waals surface area contributed by atoms with E-state index >= 15 is 0 Å². The van der Waals surface area contributed by atoms with Crippen molar-refractivity contribution in [3.05, 3.63) is 40.6 Å². The topological polar surface area (TPSA) is 34.1 Å². The van der Waals surface area contributed by atoms with Crippen LogP contribution in [0.2, 0.25) is 0 Å². The fourth-order valence-electron chi connectivity index (χ4n) is 1.28. The highest BCUT2D eigenvalue weighted by Gasteiger charge is 2.04. The van der Waals surface area contributed by atoms with Crippen LogP contribution in [0.4, 0.5) is 10.1 Å². The molecular weight excluding hydrogens is 227 g/mol. The van der Waals surface area contributed by atoms with E-state index in [2.05, 4.69) is 10.3 Å². The molecule has 84 valence electrons. The van der Waals surface area contributed by atoms with Crippen molar-refractivity contribution in [3.8, 4) is 5.75 Å². The Bertz CT molecular complexity index is 459. The van der Waals surface area contributed by atoms with Gasteiger partial charge >= 0.3 is 0 Å². The van der Waals surface area contributed by atoms with Crippen molar-refractivity contribution in [2.24, 2.45) is 0 Å². The van der Waals surface area contributed by atoms with E-state index in [0.29, 0.717) is 18.0 Å². The van der Waals surface area contributed by atoms with Gasteiger partial charge in [0, 0.05) is 17.6 Å². The second kappa shape index (κ2) is 4.94. The van der Waals surface area contributed by atoms with Gasteiger partial charge < -0.3 is 10.1 Å². The van der Waals surface area contributed by atoms with Crippen molar-refractivity contribution < 1.29 is 9.13 Å². The Hall–Kier alpha value is -1.62. The zero-order chi connectivity index (χ0) is 11.4. The number of aromatic nitrogens is 1. The molecule has 1 heterocycles. The highest BCUT2D eigenvalue weighted by Crippen LogP contribution is 2.21. The number of thiazole rings is 1. The normalized spacial score (nSPS) is 10.1. The lowest BCUT2D eigenvalue weighted by Gasteiger charge is -2.07. The molecule has 0 unspecified atom stereocenters. The maximum absolute atomic E-state index is 13.4. The average Bonchev–Trinajstić information content (AvgIpc) is 2.81. The van der Waals surface area contributed by atoms with Gasteiger partial charge in [-0.15, -0.1) is 11.3 Å². The van der Waals surface area contributed by atoms with E-state index < -0.39 is 0 Å². The molecule has 1 aromatic heterocycles. The number of hydrogen-bond acceptors (Lipinski definition) is 4. The second-order valence-electron chi connectivity index (χ2n) is 3.13. The van der Waals surface area contributed by atoms with Gasteiger partial charge in [0.1, 0.15) is 16.6 Å². The summed E-state index contributed by atoms with van der Waals surface area (Å²) in [5.74, 6) is 0.334. The van der Waals surface area contributed by atoms with Crippen molar-refractivity contribution in [1.29, 1.82) is 0 Å². The molecule has 0 aliphatic carbocycles. The molecule has 0 saturated carbocycles. The van der Waals surface area contributed by atoms with E-state index in [1.165, 1.54) is 17.4 Å². The van der Waals surface area contributed by atoms with Gasteiger partial charge in [-0.05, 0) is 12.1 Å². The van der Waals surface area contributed by atoms with Crippen LogP contribution in [0.25, 0.3) is 0 Å². The largest absolute Gasteiger partial charge is 0.497 e. The molecule has 0 aliphatic rings. The molecule has 0 aliphatic heterocycles. The molecule has 0 spiro atoms. The summed E-state index contributed by atoms with van der Waals surface area (Å²) in [6.45, 7) is 0.516. The van der Waals surface area contributed by atoms with E-state index in [0.717, 1.165) is 5.01 Å². The summed E-state index contributed by atoms with van der Waals surface area (Å²) >= 11 is 1.53. The van der Waals surface area contributed by atoms with Crippen LogP contribution < -0.4 is 10.1 Å². The van der Waals surface area contributed by atoms with Crippen LogP contribution in [0.15, 0.2) is 29.8 Å². The maximum Gasteiger partial charge on any atom is 0.146 e. The van der Waals surface area contributed by atoms with Gasteiger partial charge in [-0.3, -0.25) is 0 Å². The van der Waals surface area contributed by atoms with Gasteiger partial charge in [0.25, 0.3) is 0 Å². The fraction of sp³-hybridized carbons (Fsp3) is 0.182. The van der Waals surface area contributed by atoms with Gasteiger partial charge in [0.15, 0.2) is 0 Å². The van der Waals surface area contributed by atoms with Crippen LogP contribution in [-0.2, 0) is 6.54 Å². The van der Waals surface area contributed by atoms with Crippen molar-refractivity contribution in [1.82, 2.24) is 4.98 Å². The Morgan fingerprint density at radius 2 is 2.38 bits per heavy atom. The third-order valence-electron chi connectivity index (χ3n) is 2.09. The molecule has 0 fully saturated rings. The van der Waals surface area contributed by atoms with E-state index in [9.17, 15) is 4.39 Å². The van der Waals surface area contributed by atoms with Crippen LogP contribution in [0.5, 0.6) is 5.75 Å². The molecule has 1 N–H and O–H groups in total. The Morgan fingerprint density at radius 3 is 3.06 bits per heavy atom. The molecule has 0 radical (unpaired) electrons. The first-order valence-electron chi connectivity index (χ1n) is 4.75. The first-order chi connectivity index (χ1) is 7.79. The number of halogens is 1. The number of nitrogens with zero attached hydrogens (tertiary/aromatic N) is 1. The second-order valence-corrected chi connectivity index (χ2v) is 4.10. The molecule has 0 atom stereocenters. The lowest BCUT2D eigenvalue weighted by molar-refractivity contribution is 0.414. The Balaban J connectivity index is 2.08. The van der Waals surface area contributed by atoms with E-state index in [1.54, 1.807) is 25.4 Å². The molecule has 3 nitrogen and oxygen atoms in total. The Kier molecular flexibility index (Phi) is 3.36. The minimum Gasteiger partial charge on any atom is -0.497 e. The van der Waals surface area contributed by atoms with E-state index in [4.69, 9.17) is 4.74 Å². The number of rotatable bonds is 4. The fourth-order valence-corrected chi connectivity index (χ4v) is 1.83. The van der Waals surface area contributed by atoms with Crippen molar-refractivity contribution in [3.63, 3.8) is 0 Å². The van der Waals surface area contributed by atoms with Crippen molar-refractivity contribution in [2.45, 2.75) is 6.54 Å². The summed E-state index contributed by atoms with van der Waals surface area (Å²) < 4.78 is 18.4. The maximum atomic E-state index is 13.4. The molecule has 0 saturated heterocycles. The molecule has 2 rings (SSSR count). The Morgan fingerprint density at radius 1 is 1.50 bits per heavy atom. The third kappa shape index (κ3) is 2.49. The summed E-state index contributed by atoms with van der Waals surface area (Å²) in [5, 5.41) is 5.79. The van der Waals surface area contributed by atoms with E-state index in [1.807, 2.05) is 5.38 Å². The number of benzene rings is 1. The van der Waals surface area contributed by atoms with Crippen LogP contribution in [0, 0.1) is 5.82 Å². The summed E-state index contributed by atoms with van der Waals surface area (Å²) in [4.78, 5) is 4.11. The lowest BCUT2D eigenvalue weighted by Crippen LogP contribution is -2.01. The minimum atomic E-state index is -0.294. The van der Waals surface area contributed by atoms with Gasteiger partial charge in [0.2, 0.25) is 0 Å². The number of anilines is 1. The summed E-state index contributed by atoms with van der Waals surface area (Å²) in [6, 6.07) is 4.59. The predicted molar refractivity (Wildman–Crippen MR) is 62.4 cm³/mol. The molecule has 16 heavy (non-hydrogen) atoms. The quantitative estimate of drug-likeness (QED) is 0.889. The lowest BCUT2D eigenvalue weighted by atomic mass is 10.3. The molecular formula is C11H11FN2OS. The van der Waals surface area contributed by atoms with Gasteiger partial charge in [0.05, 0.1) is 19.3 Å². The molecule has 1 aromatic carbocycles. The highest BCUT2D eigenvalue weighted by molar-refractivity contribution is 7.09. The minimum absolute atomic E-state index is 0.294. The number of hydrogen-bond donors (Lipinski definition) is 1. The molecule has 0 bridgehead atoms. The summed E-state index contributed by atoms with van der Waals surface area (Å²) in [5.41, 5.74) is 0.426. The van der Waals surface area contributed by atoms with Gasteiger partial charge in [-0.25, -0.2) is 9.37 Å². The predicted octanol–water partition coefficient (Wildman–Crippen LogP) is 2.90. The molecule has 2 aromatic rings. The summed E-state index contributed by atoms with van der Waals surface area (Å²) in [6.07, 6.45) is 1.73. The zero-order valence-electron chi connectivity index (χ0n) is 8.74. The van der Waals surface area contributed by atoms with E-state index in [-0.39, 0.29) is 5.82 Å².